The third-order valence-electron chi connectivity index (χ3n) is 4.95. The predicted octanol–water partition coefficient (Wildman–Crippen LogP) is 4.06. The summed E-state index contributed by atoms with van der Waals surface area (Å²) >= 11 is 3.53. The summed E-state index contributed by atoms with van der Waals surface area (Å²) < 4.78 is 2.66. The lowest BCUT2D eigenvalue weighted by atomic mass is 9.98. The number of amides is 2. The van der Waals surface area contributed by atoms with Gasteiger partial charge in [0.25, 0.3) is 0 Å². The molecule has 3 N–H and O–H groups in total. The highest BCUT2D eigenvalue weighted by atomic mass is 79.9. The van der Waals surface area contributed by atoms with Gasteiger partial charge in [0.15, 0.2) is 5.65 Å². The number of carbonyl (C=O) groups is 1. The normalized spacial score (nSPS) is 18.2. The standard InChI is InChI=1S/C20H27BrN6O/c1-3-4-5-7-14(2)17-10-18(27-19(25-17)16(21)12-24-27)23-11-15-8-6-9-26(13-15)20(22)28/h4-5,7,10,12,15,23H,3,6,8-9,11,13H2,1-2H3,(H2,22,28)/b5-4-,14-7+. The van der Waals surface area contributed by atoms with Gasteiger partial charge in [-0.15, -0.1) is 0 Å². The van der Waals surface area contributed by atoms with Crippen molar-refractivity contribution in [3.63, 3.8) is 0 Å². The van der Waals surface area contributed by atoms with Crippen LogP contribution in [0.25, 0.3) is 11.2 Å². The average molecular weight is 447 g/mol. The molecule has 1 aliphatic heterocycles. The number of anilines is 1. The average Bonchev–Trinajstić information content (AvgIpc) is 3.07. The van der Waals surface area contributed by atoms with E-state index in [2.05, 4.69) is 58.4 Å². The van der Waals surface area contributed by atoms with Crippen LogP contribution < -0.4 is 11.1 Å². The molecule has 0 aromatic carbocycles. The molecule has 7 nitrogen and oxygen atoms in total. The molecule has 0 saturated carbocycles. The zero-order valence-corrected chi connectivity index (χ0v) is 17.9. The van der Waals surface area contributed by atoms with Gasteiger partial charge in [-0.1, -0.05) is 25.2 Å². The first kappa shape index (κ1) is 20.4. The number of nitrogens with one attached hydrogen (secondary N) is 1. The molecule has 150 valence electrons. The molecule has 3 rings (SSSR count). The summed E-state index contributed by atoms with van der Waals surface area (Å²) in [6.45, 7) is 6.35. The van der Waals surface area contributed by atoms with Gasteiger partial charge in [-0.05, 0) is 53.6 Å². The fourth-order valence-electron chi connectivity index (χ4n) is 3.38. The Labute approximate surface area is 173 Å². The van der Waals surface area contributed by atoms with E-state index in [0.29, 0.717) is 12.5 Å². The van der Waals surface area contributed by atoms with Crippen LogP contribution in [0.3, 0.4) is 0 Å². The van der Waals surface area contributed by atoms with Crippen molar-refractivity contribution in [2.75, 3.05) is 25.0 Å². The number of hydrogen-bond acceptors (Lipinski definition) is 4. The van der Waals surface area contributed by atoms with Gasteiger partial charge >= 0.3 is 6.03 Å². The highest BCUT2D eigenvalue weighted by Gasteiger charge is 2.22. The molecule has 2 aromatic rings. The van der Waals surface area contributed by atoms with E-state index in [-0.39, 0.29) is 6.03 Å². The maximum atomic E-state index is 11.5. The number of allylic oxidation sites excluding steroid dienone is 4. The molecule has 1 saturated heterocycles. The maximum absolute atomic E-state index is 11.5. The fraction of sp³-hybridized carbons (Fsp3) is 0.450. The molecule has 8 heteroatoms. The number of urea groups is 1. The molecule has 1 atom stereocenters. The van der Waals surface area contributed by atoms with E-state index in [1.165, 1.54) is 0 Å². The molecule has 28 heavy (non-hydrogen) atoms. The van der Waals surface area contributed by atoms with Crippen LogP contribution in [-0.4, -0.2) is 45.2 Å². The van der Waals surface area contributed by atoms with Crippen LogP contribution in [0.4, 0.5) is 10.6 Å². The van der Waals surface area contributed by atoms with Crippen molar-refractivity contribution >= 4 is 39.0 Å². The van der Waals surface area contributed by atoms with Gasteiger partial charge in [0.05, 0.1) is 16.4 Å². The van der Waals surface area contributed by atoms with Crippen LogP contribution in [0.5, 0.6) is 0 Å². The Bertz CT molecular complexity index is 903. The summed E-state index contributed by atoms with van der Waals surface area (Å²) in [6.07, 6.45) is 11.0. The summed E-state index contributed by atoms with van der Waals surface area (Å²) in [5.74, 6) is 1.24. The van der Waals surface area contributed by atoms with E-state index in [1.54, 1.807) is 15.6 Å². The number of likely N-dealkylation sites (tertiary alicyclic amines) is 1. The summed E-state index contributed by atoms with van der Waals surface area (Å²) in [5.41, 5.74) is 8.20. The molecule has 2 amide bonds. The molecule has 3 heterocycles. The number of aromatic nitrogens is 3. The molecular formula is C20H27BrN6O. The Kier molecular flexibility index (Phi) is 6.72. The minimum absolute atomic E-state index is 0.338. The Morgan fingerprint density at radius 3 is 3.07 bits per heavy atom. The number of nitrogens with zero attached hydrogens (tertiary/aromatic N) is 4. The fourth-order valence-corrected chi connectivity index (χ4v) is 3.73. The minimum Gasteiger partial charge on any atom is -0.370 e. The number of rotatable bonds is 6. The van der Waals surface area contributed by atoms with Crippen LogP contribution in [0.15, 0.2) is 35.0 Å². The van der Waals surface area contributed by atoms with Gasteiger partial charge in [-0.25, -0.2) is 9.78 Å². The van der Waals surface area contributed by atoms with Crippen molar-refractivity contribution in [3.8, 4) is 0 Å². The van der Waals surface area contributed by atoms with Crippen LogP contribution in [-0.2, 0) is 0 Å². The number of piperidine rings is 1. The van der Waals surface area contributed by atoms with Crippen molar-refractivity contribution in [2.45, 2.75) is 33.1 Å². The van der Waals surface area contributed by atoms with Gasteiger partial charge in [0.1, 0.15) is 5.82 Å². The van der Waals surface area contributed by atoms with Crippen LogP contribution in [0.2, 0.25) is 0 Å². The number of fused-ring (bicyclic) bond motifs is 1. The molecule has 2 aromatic heterocycles. The molecule has 0 spiro atoms. The molecule has 1 unspecified atom stereocenters. The predicted molar refractivity (Wildman–Crippen MR) is 116 cm³/mol. The second-order valence-corrected chi connectivity index (χ2v) is 7.97. The molecule has 0 radical (unpaired) electrons. The third-order valence-corrected chi connectivity index (χ3v) is 5.51. The number of hydrogen-bond donors (Lipinski definition) is 2. The second-order valence-electron chi connectivity index (χ2n) is 7.11. The van der Waals surface area contributed by atoms with E-state index in [0.717, 1.165) is 59.6 Å². The van der Waals surface area contributed by atoms with Gasteiger partial charge in [-0.3, -0.25) is 0 Å². The monoisotopic (exact) mass is 446 g/mol. The Morgan fingerprint density at radius 1 is 1.50 bits per heavy atom. The van der Waals surface area contributed by atoms with Crippen molar-refractivity contribution in [1.29, 1.82) is 0 Å². The maximum Gasteiger partial charge on any atom is 0.314 e. The molecule has 0 aliphatic carbocycles. The zero-order valence-electron chi connectivity index (χ0n) is 16.4. The first-order valence-corrected chi connectivity index (χ1v) is 10.4. The van der Waals surface area contributed by atoms with Crippen molar-refractivity contribution in [3.05, 3.63) is 40.7 Å². The number of carbonyl (C=O) groups excluding carboxylic acids is 1. The first-order chi connectivity index (χ1) is 13.5. The Hall–Kier alpha value is -2.35. The zero-order chi connectivity index (χ0) is 20.1. The lowest BCUT2D eigenvalue weighted by Gasteiger charge is -2.31. The summed E-state index contributed by atoms with van der Waals surface area (Å²) in [5, 5.41) is 7.94. The van der Waals surface area contributed by atoms with Gasteiger partial charge in [-0.2, -0.15) is 9.61 Å². The van der Waals surface area contributed by atoms with Gasteiger partial charge < -0.3 is 16.0 Å². The second kappa shape index (κ2) is 9.23. The number of nitrogens with two attached hydrogens (primary N) is 1. The van der Waals surface area contributed by atoms with E-state index in [9.17, 15) is 4.79 Å². The smallest absolute Gasteiger partial charge is 0.314 e. The number of primary amides is 1. The molecule has 1 fully saturated rings. The van der Waals surface area contributed by atoms with E-state index in [1.807, 2.05) is 6.07 Å². The van der Waals surface area contributed by atoms with Crippen LogP contribution in [0.1, 0.15) is 38.8 Å². The third kappa shape index (κ3) is 4.73. The minimum atomic E-state index is -0.338. The van der Waals surface area contributed by atoms with Crippen molar-refractivity contribution in [2.24, 2.45) is 11.7 Å². The molecule has 1 aliphatic rings. The summed E-state index contributed by atoms with van der Waals surface area (Å²) in [6, 6.07) is 1.68. The highest BCUT2D eigenvalue weighted by Crippen LogP contribution is 2.24. The summed E-state index contributed by atoms with van der Waals surface area (Å²) in [4.78, 5) is 17.9. The summed E-state index contributed by atoms with van der Waals surface area (Å²) in [7, 11) is 0. The SMILES string of the molecule is CC/C=C\C=C(/C)c1cc(NCC2CCCN(C(N)=O)C2)n2ncc(Br)c2n1. The lowest BCUT2D eigenvalue weighted by Crippen LogP contribution is -2.44. The topological polar surface area (TPSA) is 88.5 Å². The molecular weight excluding hydrogens is 420 g/mol. The quantitative estimate of drug-likeness (QED) is 0.654. The molecule has 0 bridgehead atoms. The van der Waals surface area contributed by atoms with Gasteiger partial charge in [0, 0.05) is 25.7 Å². The first-order valence-electron chi connectivity index (χ1n) is 9.66. The van der Waals surface area contributed by atoms with Crippen molar-refractivity contribution < 1.29 is 4.79 Å². The number of halogens is 1. The lowest BCUT2D eigenvalue weighted by molar-refractivity contribution is 0.177. The van der Waals surface area contributed by atoms with E-state index >= 15 is 0 Å². The Morgan fingerprint density at radius 2 is 2.32 bits per heavy atom. The van der Waals surface area contributed by atoms with Crippen LogP contribution in [0, 0.1) is 5.92 Å². The Balaban J connectivity index is 1.82. The highest BCUT2D eigenvalue weighted by molar-refractivity contribution is 9.10. The van der Waals surface area contributed by atoms with Crippen LogP contribution >= 0.6 is 15.9 Å². The van der Waals surface area contributed by atoms with Crippen molar-refractivity contribution in [1.82, 2.24) is 19.5 Å². The largest absolute Gasteiger partial charge is 0.370 e. The van der Waals surface area contributed by atoms with E-state index < -0.39 is 0 Å². The van der Waals surface area contributed by atoms with E-state index in [4.69, 9.17) is 10.7 Å². The van der Waals surface area contributed by atoms with Gasteiger partial charge in [0.2, 0.25) is 0 Å².